The number of thiazole rings is 1. The fraction of sp³-hybridized carbons (Fsp3) is 0.333. The van der Waals surface area contributed by atoms with Crippen LogP contribution in [0.4, 0.5) is 0 Å². The van der Waals surface area contributed by atoms with Gasteiger partial charge in [0.1, 0.15) is 17.4 Å². The van der Waals surface area contributed by atoms with Gasteiger partial charge in [-0.1, -0.05) is 25.1 Å². The van der Waals surface area contributed by atoms with E-state index in [1.165, 1.54) is 16.7 Å². The molecule has 30 heavy (non-hydrogen) atoms. The molecule has 0 N–H and O–H groups in total. The first-order chi connectivity index (χ1) is 14.5. The van der Waals surface area contributed by atoms with Gasteiger partial charge in [0.25, 0.3) is 5.56 Å². The second-order valence-electron chi connectivity index (χ2n) is 7.85. The number of rotatable bonds is 7. The lowest BCUT2D eigenvalue weighted by Gasteiger charge is -2.20. The lowest BCUT2D eigenvalue weighted by Crippen LogP contribution is -2.19. The average Bonchev–Trinajstić information content (AvgIpc) is 3.20. The number of allylic oxidation sites excluding steroid dienone is 1. The van der Waals surface area contributed by atoms with E-state index in [-0.39, 0.29) is 5.56 Å². The van der Waals surface area contributed by atoms with E-state index in [1.807, 2.05) is 17.6 Å². The molecule has 4 rings (SSSR count). The maximum Gasteiger partial charge on any atom is 0.258 e. The predicted molar refractivity (Wildman–Crippen MR) is 123 cm³/mol. The summed E-state index contributed by atoms with van der Waals surface area (Å²) in [5.41, 5.74) is 5.89. The maximum absolute atomic E-state index is 12.7. The first-order valence-corrected chi connectivity index (χ1v) is 11.2. The molecule has 0 radical (unpaired) electrons. The summed E-state index contributed by atoms with van der Waals surface area (Å²) >= 11 is 1.59. The second kappa shape index (κ2) is 8.98. The molecule has 0 spiro atoms. The molecule has 0 aliphatic heterocycles. The number of ether oxygens (including phenoxy) is 1. The first kappa shape index (κ1) is 20.6. The zero-order valence-corrected chi connectivity index (χ0v) is 18.5. The Hall–Kier alpha value is -2.70. The molecule has 0 unspecified atom stereocenters. The molecule has 3 aromatic rings. The highest BCUT2D eigenvalue weighted by atomic mass is 32.1. The number of pyridine rings is 1. The summed E-state index contributed by atoms with van der Waals surface area (Å²) in [4.78, 5) is 19.4. The molecular formula is C24H27N3O2S. The number of benzene rings is 1. The molecule has 6 heteroatoms. The zero-order valence-electron chi connectivity index (χ0n) is 17.7. The maximum atomic E-state index is 12.7. The van der Waals surface area contributed by atoms with Gasteiger partial charge in [-0.2, -0.15) is 0 Å². The average molecular weight is 422 g/mol. The van der Waals surface area contributed by atoms with Crippen LogP contribution in [0.25, 0.3) is 11.8 Å². The van der Waals surface area contributed by atoms with Gasteiger partial charge in [0.15, 0.2) is 0 Å². The molecule has 2 heterocycles. The molecule has 156 valence electrons. The van der Waals surface area contributed by atoms with Crippen LogP contribution >= 0.6 is 11.3 Å². The highest BCUT2D eigenvalue weighted by molar-refractivity contribution is 7.09. The molecular weight excluding hydrogens is 394 g/mol. The van der Waals surface area contributed by atoms with Crippen molar-refractivity contribution in [3.05, 3.63) is 79.7 Å². The van der Waals surface area contributed by atoms with Crippen LogP contribution in [-0.2, 0) is 26.0 Å². The summed E-state index contributed by atoms with van der Waals surface area (Å²) in [6, 6.07) is 10.0. The van der Waals surface area contributed by atoms with E-state index in [2.05, 4.69) is 55.2 Å². The quantitative estimate of drug-likeness (QED) is 0.565. The Morgan fingerprint density at radius 3 is 2.80 bits per heavy atom. The Morgan fingerprint density at radius 2 is 2.07 bits per heavy atom. The minimum atomic E-state index is -0.0696. The molecule has 2 aromatic heterocycles. The highest BCUT2D eigenvalue weighted by Crippen LogP contribution is 2.27. The Labute approximate surface area is 181 Å². The smallest absolute Gasteiger partial charge is 0.258 e. The van der Waals surface area contributed by atoms with Crippen molar-refractivity contribution in [1.82, 2.24) is 14.5 Å². The van der Waals surface area contributed by atoms with Crippen molar-refractivity contribution in [2.24, 2.45) is 0 Å². The highest BCUT2D eigenvalue weighted by Gasteiger charge is 2.14. The number of nitrogens with zero attached hydrogens (tertiary/aromatic N) is 3. The lowest BCUT2D eigenvalue weighted by molar-refractivity contribution is 0.304. The van der Waals surface area contributed by atoms with Gasteiger partial charge in [0, 0.05) is 29.9 Å². The van der Waals surface area contributed by atoms with Gasteiger partial charge in [-0.05, 0) is 62.2 Å². The standard InChI is InChI=1S/C24H27N3O2S/c1-4-20-16-30-23(25-20)15-29-22-9-10-27(24(28)13-22)21-8-7-18-11-17(14-26(2)3)5-6-19(18)12-21/h5-6,9-13,16H,4,7-8,14-15H2,1-3H3. The normalized spacial score (nSPS) is 13.3. The molecule has 5 nitrogen and oxygen atoms in total. The van der Waals surface area contributed by atoms with Crippen molar-refractivity contribution in [3.63, 3.8) is 0 Å². The molecule has 1 aromatic carbocycles. The van der Waals surface area contributed by atoms with Crippen LogP contribution in [-0.4, -0.2) is 28.5 Å². The van der Waals surface area contributed by atoms with E-state index in [9.17, 15) is 4.79 Å². The van der Waals surface area contributed by atoms with E-state index in [1.54, 1.807) is 22.0 Å². The molecule has 0 saturated carbocycles. The van der Waals surface area contributed by atoms with Gasteiger partial charge in [-0.15, -0.1) is 11.3 Å². The third kappa shape index (κ3) is 4.71. The summed E-state index contributed by atoms with van der Waals surface area (Å²) in [7, 11) is 4.16. The van der Waals surface area contributed by atoms with Gasteiger partial charge in [-0.3, -0.25) is 9.36 Å². The minimum Gasteiger partial charge on any atom is -0.486 e. The Balaban J connectivity index is 1.49. The van der Waals surface area contributed by atoms with Crippen molar-refractivity contribution in [2.45, 2.75) is 39.3 Å². The summed E-state index contributed by atoms with van der Waals surface area (Å²) in [6.45, 7) is 3.41. The van der Waals surface area contributed by atoms with Crippen LogP contribution in [0, 0.1) is 0 Å². The molecule has 0 fully saturated rings. The van der Waals surface area contributed by atoms with Crippen LogP contribution in [0.5, 0.6) is 5.75 Å². The molecule has 1 aliphatic rings. The lowest BCUT2D eigenvalue weighted by atomic mass is 9.93. The fourth-order valence-corrected chi connectivity index (χ4v) is 4.48. The van der Waals surface area contributed by atoms with Crippen molar-refractivity contribution in [2.75, 3.05) is 14.1 Å². The zero-order chi connectivity index (χ0) is 21.1. The van der Waals surface area contributed by atoms with Crippen molar-refractivity contribution in [3.8, 4) is 5.75 Å². The molecule has 0 amide bonds. The van der Waals surface area contributed by atoms with Crippen LogP contribution in [0.15, 0.2) is 46.7 Å². The summed E-state index contributed by atoms with van der Waals surface area (Å²) in [5.74, 6) is 0.578. The van der Waals surface area contributed by atoms with Crippen LogP contribution in [0.1, 0.15) is 40.7 Å². The number of hydrogen-bond acceptors (Lipinski definition) is 5. The number of aromatic nitrogens is 2. The van der Waals surface area contributed by atoms with Gasteiger partial charge < -0.3 is 9.64 Å². The van der Waals surface area contributed by atoms with E-state index < -0.39 is 0 Å². The monoisotopic (exact) mass is 421 g/mol. The van der Waals surface area contributed by atoms with Crippen LogP contribution in [0.2, 0.25) is 0 Å². The van der Waals surface area contributed by atoms with Crippen LogP contribution < -0.4 is 10.3 Å². The molecule has 0 atom stereocenters. The van der Waals surface area contributed by atoms with Crippen molar-refractivity contribution in [1.29, 1.82) is 0 Å². The number of fused-ring (bicyclic) bond motifs is 1. The summed E-state index contributed by atoms with van der Waals surface area (Å²) in [5, 5.41) is 2.98. The molecule has 0 saturated heterocycles. The van der Waals surface area contributed by atoms with Crippen molar-refractivity contribution >= 4 is 23.1 Å². The van der Waals surface area contributed by atoms with Gasteiger partial charge >= 0.3 is 0 Å². The third-order valence-corrected chi connectivity index (χ3v) is 6.07. The SMILES string of the molecule is CCc1csc(COc2ccn(C3=Cc4ccc(CN(C)C)cc4CC3)c(=O)c2)n1. The summed E-state index contributed by atoms with van der Waals surface area (Å²) in [6.07, 6.45) is 6.65. The minimum absolute atomic E-state index is 0.0696. The Kier molecular flexibility index (Phi) is 6.16. The summed E-state index contributed by atoms with van der Waals surface area (Å²) < 4.78 is 7.51. The number of hydrogen-bond donors (Lipinski definition) is 0. The molecule has 0 bridgehead atoms. The number of aryl methyl sites for hydroxylation is 2. The first-order valence-electron chi connectivity index (χ1n) is 10.3. The van der Waals surface area contributed by atoms with Gasteiger partial charge in [-0.25, -0.2) is 4.98 Å². The topological polar surface area (TPSA) is 47.4 Å². The van der Waals surface area contributed by atoms with E-state index >= 15 is 0 Å². The third-order valence-electron chi connectivity index (χ3n) is 5.20. The largest absolute Gasteiger partial charge is 0.486 e. The van der Waals surface area contributed by atoms with Gasteiger partial charge in [0.2, 0.25) is 0 Å². The van der Waals surface area contributed by atoms with E-state index in [0.29, 0.717) is 12.4 Å². The van der Waals surface area contributed by atoms with E-state index in [4.69, 9.17) is 4.74 Å². The van der Waals surface area contributed by atoms with Crippen LogP contribution in [0.3, 0.4) is 0 Å². The molecule has 1 aliphatic carbocycles. The van der Waals surface area contributed by atoms with Crippen molar-refractivity contribution < 1.29 is 4.74 Å². The Bertz CT molecular complexity index is 1130. The van der Waals surface area contributed by atoms with E-state index in [0.717, 1.165) is 42.2 Å². The fourth-order valence-electron chi connectivity index (χ4n) is 3.69. The Morgan fingerprint density at radius 1 is 1.20 bits per heavy atom. The predicted octanol–water partition coefficient (Wildman–Crippen LogP) is 4.45. The second-order valence-corrected chi connectivity index (χ2v) is 8.79. The van der Waals surface area contributed by atoms with Gasteiger partial charge in [0.05, 0.1) is 5.69 Å².